The average molecular weight is 280 g/mol. The van der Waals surface area contributed by atoms with E-state index in [1.165, 1.54) is 10.5 Å². The smallest absolute Gasteiger partial charge is 0.260 e. The molecule has 0 aliphatic carbocycles. The van der Waals surface area contributed by atoms with Crippen LogP contribution in [0.3, 0.4) is 0 Å². The molecular formula is C10H18ClN3O2S. The van der Waals surface area contributed by atoms with Crippen LogP contribution >= 0.6 is 11.6 Å². The van der Waals surface area contributed by atoms with E-state index in [2.05, 4.69) is 10.2 Å². The molecule has 1 aromatic heterocycles. The topological polar surface area (TPSA) is 66.1 Å². The summed E-state index contributed by atoms with van der Waals surface area (Å²) in [6.07, 6.45) is 2.21. The molecule has 5 nitrogen and oxygen atoms in total. The summed E-state index contributed by atoms with van der Waals surface area (Å²) in [7, 11) is -3.53. The number of alkyl halides is 1. The van der Waals surface area contributed by atoms with Crippen molar-refractivity contribution >= 4 is 21.6 Å². The molecule has 0 saturated carbocycles. The monoisotopic (exact) mass is 279 g/mol. The molecule has 98 valence electrons. The van der Waals surface area contributed by atoms with Gasteiger partial charge in [0.2, 0.25) is 0 Å². The number of H-pyrrole nitrogens is 1. The fourth-order valence-electron chi connectivity index (χ4n) is 1.61. The molecule has 0 amide bonds. The van der Waals surface area contributed by atoms with Crippen LogP contribution in [0, 0.1) is 0 Å². The van der Waals surface area contributed by atoms with E-state index >= 15 is 0 Å². The summed E-state index contributed by atoms with van der Waals surface area (Å²) < 4.78 is 26.3. The van der Waals surface area contributed by atoms with Gasteiger partial charge in [0.1, 0.15) is 0 Å². The molecule has 0 radical (unpaired) electrons. The molecule has 1 N–H and O–H groups in total. The Morgan fingerprint density at radius 1 is 1.53 bits per heavy atom. The van der Waals surface area contributed by atoms with Gasteiger partial charge in [-0.1, -0.05) is 6.92 Å². The normalized spacial score (nSPS) is 12.6. The van der Waals surface area contributed by atoms with Crippen molar-refractivity contribution < 1.29 is 8.42 Å². The third kappa shape index (κ3) is 3.00. The first-order valence-corrected chi connectivity index (χ1v) is 7.52. The number of nitrogens with one attached hydrogen (secondary N) is 1. The average Bonchev–Trinajstić information content (AvgIpc) is 2.73. The predicted molar refractivity (Wildman–Crippen MR) is 67.5 cm³/mol. The number of rotatable bonds is 6. The van der Waals surface area contributed by atoms with E-state index in [4.69, 9.17) is 11.6 Å². The quantitative estimate of drug-likeness (QED) is 0.810. The summed E-state index contributed by atoms with van der Waals surface area (Å²) in [5.41, 5.74) is 0.508. The van der Waals surface area contributed by atoms with Crippen molar-refractivity contribution in [2.45, 2.75) is 44.1 Å². The van der Waals surface area contributed by atoms with Gasteiger partial charge in [-0.3, -0.25) is 5.10 Å². The second-order valence-electron chi connectivity index (χ2n) is 4.07. The van der Waals surface area contributed by atoms with Gasteiger partial charge in [-0.05, 0) is 20.3 Å². The summed E-state index contributed by atoms with van der Waals surface area (Å²) in [5.74, 6) is 0.128. The van der Waals surface area contributed by atoms with Gasteiger partial charge in [0, 0.05) is 18.2 Å². The molecule has 1 aromatic rings. The molecule has 17 heavy (non-hydrogen) atoms. The Morgan fingerprint density at radius 3 is 2.65 bits per heavy atom. The molecule has 0 atom stereocenters. The number of aromatic amines is 1. The Labute approximate surface area is 107 Å². The van der Waals surface area contributed by atoms with E-state index in [0.717, 1.165) is 6.42 Å². The van der Waals surface area contributed by atoms with Gasteiger partial charge in [0.15, 0.2) is 5.03 Å². The molecule has 0 aromatic carbocycles. The number of nitrogens with zero attached hydrogens (tertiary/aromatic N) is 2. The molecule has 0 spiro atoms. The van der Waals surface area contributed by atoms with Gasteiger partial charge >= 0.3 is 0 Å². The van der Waals surface area contributed by atoms with Crippen LogP contribution in [-0.2, 0) is 15.9 Å². The van der Waals surface area contributed by atoms with Crippen LogP contribution in [0.1, 0.15) is 32.8 Å². The largest absolute Gasteiger partial charge is 0.266 e. The Hall–Kier alpha value is -0.590. The summed E-state index contributed by atoms with van der Waals surface area (Å²) >= 11 is 5.70. The lowest BCUT2D eigenvalue weighted by Crippen LogP contribution is -2.38. The lowest BCUT2D eigenvalue weighted by atomic mass is 10.4. The Morgan fingerprint density at radius 2 is 2.18 bits per heavy atom. The van der Waals surface area contributed by atoms with E-state index in [0.29, 0.717) is 12.1 Å². The summed E-state index contributed by atoms with van der Waals surface area (Å²) in [6.45, 7) is 6.13. The molecule has 0 fully saturated rings. The number of hydrogen-bond donors (Lipinski definition) is 1. The first kappa shape index (κ1) is 14.5. The van der Waals surface area contributed by atoms with Gasteiger partial charge in [0.05, 0.1) is 12.1 Å². The van der Waals surface area contributed by atoms with E-state index in [1.54, 1.807) is 0 Å². The van der Waals surface area contributed by atoms with Crippen LogP contribution in [0.15, 0.2) is 11.2 Å². The highest BCUT2D eigenvalue weighted by Gasteiger charge is 2.29. The molecule has 0 saturated heterocycles. The highest BCUT2D eigenvalue weighted by atomic mass is 35.5. The SMILES string of the molecule is CCCN(C(C)C)S(=O)(=O)c1[nH]ncc1CCl. The maximum absolute atomic E-state index is 12.4. The first-order chi connectivity index (χ1) is 7.95. The van der Waals surface area contributed by atoms with Gasteiger partial charge in [0.25, 0.3) is 10.0 Å². The highest BCUT2D eigenvalue weighted by Crippen LogP contribution is 2.21. The molecule has 0 bridgehead atoms. The summed E-state index contributed by atoms with van der Waals surface area (Å²) in [6, 6.07) is -0.0913. The van der Waals surface area contributed by atoms with Crippen molar-refractivity contribution in [1.29, 1.82) is 0 Å². The second-order valence-corrected chi connectivity index (χ2v) is 6.16. The van der Waals surface area contributed by atoms with Crippen LogP contribution in [0.5, 0.6) is 0 Å². The molecular weight excluding hydrogens is 262 g/mol. The zero-order valence-corrected chi connectivity index (χ0v) is 11.8. The van der Waals surface area contributed by atoms with Crippen molar-refractivity contribution in [1.82, 2.24) is 14.5 Å². The molecule has 7 heteroatoms. The van der Waals surface area contributed by atoms with Crippen molar-refractivity contribution in [3.8, 4) is 0 Å². The van der Waals surface area contributed by atoms with Crippen molar-refractivity contribution in [3.05, 3.63) is 11.8 Å². The number of aromatic nitrogens is 2. The van der Waals surface area contributed by atoms with Gasteiger partial charge < -0.3 is 0 Å². The van der Waals surface area contributed by atoms with Crippen LogP contribution in [0.4, 0.5) is 0 Å². The predicted octanol–water partition coefficient (Wildman–Crippen LogP) is 1.96. The third-order valence-electron chi connectivity index (χ3n) is 2.41. The van der Waals surface area contributed by atoms with Crippen LogP contribution < -0.4 is 0 Å². The minimum Gasteiger partial charge on any atom is -0.266 e. The maximum atomic E-state index is 12.4. The molecule has 1 rings (SSSR count). The van der Waals surface area contributed by atoms with Crippen LogP contribution in [0.25, 0.3) is 0 Å². The number of halogens is 1. The van der Waals surface area contributed by atoms with Gasteiger partial charge in [-0.15, -0.1) is 11.6 Å². The standard InChI is InChI=1S/C10H18ClN3O2S/c1-4-5-14(8(2)3)17(15,16)10-9(6-11)7-12-13-10/h7-8H,4-6H2,1-3H3,(H,12,13). The Balaban J connectivity index is 3.16. The molecule has 1 heterocycles. The third-order valence-corrected chi connectivity index (χ3v) is 4.79. The van der Waals surface area contributed by atoms with Crippen molar-refractivity contribution in [2.24, 2.45) is 0 Å². The van der Waals surface area contributed by atoms with Crippen molar-refractivity contribution in [3.63, 3.8) is 0 Å². The second kappa shape index (κ2) is 5.84. The minimum absolute atomic E-state index is 0.0913. The zero-order valence-electron chi connectivity index (χ0n) is 10.3. The lowest BCUT2D eigenvalue weighted by molar-refractivity contribution is 0.352. The van der Waals surface area contributed by atoms with Gasteiger partial charge in [-0.2, -0.15) is 9.40 Å². The maximum Gasteiger partial charge on any atom is 0.260 e. The highest BCUT2D eigenvalue weighted by molar-refractivity contribution is 7.89. The van der Waals surface area contributed by atoms with Crippen LogP contribution in [-0.4, -0.2) is 35.5 Å². The lowest BCUT2D eigenvalue weighted by Gasteiger charge is -2.24. The fraction of sp³-hybridized carbons (Fsp3) is 0.700. The minimum atomic E-state index is -3.53. The molecule has 0 unspecified atom stereocenters. The zero-order chi connectivity index (χ0) is 13.1. The summed E-state index contributed by atoms with van der Waals surface area (Å²) in [5, 5.41) is 6.38. The Bertz CT molecular complexity index is 456. The van der Waals surface area contributed by atoms with Crippen LogP contribution in [0.2, 0.25) is 0 Å². The first-order valence-electron chi connectivity index (χ1n) is 5.55. The number of hydrogen-bond acceptors (Lipinski definition) is 3. The van der Waals surface area contributed by atoms with Crippen molar-refractivity contribution in [2.75, 3.05) is 6.54 Å². The van der Waals surface area contributed by atoms with E-state index < -0.39 is 10.0 Å². The molecule has 0 aliphatic heterocycles. The van der Waals surface area contributed by atoms with Gasteiger partial charge in [-0.25, -0.2) is 8.42 Å². The van der Waals surface area contributed by atoms with E-state index in [-0.39, 0.29) is 16.9 Å². The fourth-order valence-corrected chi connectivity index (χ4v) is 3.73. The van der Waals surface area contributed by atoms with E-state index in [9.17, 15) is 8.42 Å². The number of sulfonamides is 1. The van der Waals surface area contributed by atoms with E-state index in [1.807, 2.05) is 20.8 Å². The summed E-state index contributed by atoms with van der Waals surface area (Å²) in [4.78, 5) is 0. The molecule has 0 aliphatic rings. The Kier molecular flexibility index (Phi) is 4.97.